The van der Waals surface area contributed by atoms with Gasteiger partial charge in [0.1, 0.15) is 0 Å². The second-order valence-electron chi connectivity index (χ2n) is 0. The monoisotopic (exact) mass is 73.0 g/mol. The van der Waals surface area contributed by atoms with Gasteiger partial charge in [0, 0.05) is 8.41 Å². The van der Waals surface area contributed by atoms with Crippen LogP contribution >= 0.6 is 0 Å². The molecule has 0 heterocycles. The zero-order chi connectivity index (χ0) is 0. The molecule has 0 aromatic heterocycles. The summed E-state index contributed by atoms with van der Waals surface area (Å²) in [6, 6.07) is 0. The van der Waals surface area contributed by atoms with Gasteiger partial charge in [-0.1, -0.05) is 0 Å². The van der Waals surface area contributed by atoms with E-state index in [-0.39, 0.29) is 40.9 Å². The normalized spacial score (nSPS) is 0. The van der Waals surface area contributed by atoms with Gasteiger partial charge in [0.05, 0.1) is 0 Å². The summed E-state index contributed by atoms with van der Waals surface area (Å²) in [7, 11) is 0. The van der Waals surface area contributed by atoms with Crippen LogP contribution in [-0.2, 0) is 0 Å². The molecule has 0 atom stereocenters. The van der Waals surface area contributed by atoms with Gasteiger partial charge in [-0.15, -0.1) is 0 Å². The molecular formula is BF2Mg. The first-order valence-electron chi connectivity index (χ1n) is 0. The van der Waals surface area contributed by atoms with E-state index in [4.69, 9.17) is 0 Å². The summed E-state index contributed by atoms with van der Waals surface area (Å²) in [6.07, 6.45) is 0. The van der Waals surface area contributed by atoms with E-state index >= 15 is 0 Å². The van der Waals surface area contributed by atoms with Crippen LogP contribution in [0.1, 0.15) is 0 Å². The third-order valence-electron chi connectivity index (χ3n) is 0. The fourth-order valence-electron chi connectivity index (χ4n) is 0. The number of hydrogen-bond donors (Lipinski definition) is 0. The average Bonchev–Trinajstić information content (AvgIpc) is 0. The minimum atomic E-state index is 0. The summed E-state index contributed by atoms with van der Waals surface area (Å²) in [5.74, 6) is 0. The van der Waals surface area contributed by atoms with Gasteiger partial charge in [0.2, 0.25) is 0 Å². The van der Waals surface area contributed by atoms with Crippen molar-refractivity contribution < 1.29 is 9.41 Å². The number of hydrogen-bond acceptors (Lipinski definition) is 0. The molecule has 0 saturated carbocycles. The minimum absolute atomic E-state index is 0. The van der Waals surface area contributed by atoms with Gasteiger partial charge in [-0.25, -0.2) is 0 Å². The topological polar surface area (TPSA) is 0 Å². The summed E-state index contributed by atoms with van der Waals surface area (Å²) >= 11 is 0. The fourth-order valence-corrected chi connectivity index (χ4v) is 0. The van der Waals surface area contributed by atoms with Crippen molar-refractivity contribution in [3.63, 3.8) is 0 Å². The van der Waals surface area contributed by atoms with Crippen molar-refractivity contribution in [2.75, 3.05) is 0 Å². The molecular weight excluding hydrogens is 73.1 g/mol. The van der Waals surface area contributed by atoms with Crippen LogP contribution in [0.15, 0.2) is 0 Å². The van der Waals surface area contributed by atoms with Crippen LogP contribution in [0.3, 0.4) is 0 Å². The maximum atomic E-state index is 0. The number of rotatable bonds is 0. The van der Waals surface area contributed by atoms with Crippen LogP contribution < -0.4 is 9.41 Å². The maximum Gasteiger partial charge on any atom is 2.00 e. The minimum Gasteiger partial charge on any atom is -1.00 e. The van der Waals surface area contributed by atoms with Crippen LogP contribution in [0.4, 0.5) is 0 Å². The molecule has 19 valence electrons. The van der Waals surface area contributed by atoms with E-state index in [1.54, 1.807) is 0 Å². The van der Waals surface area contributed by atoms with Crippen molar-refractivity contribution in [3.8, 4) is 0 Å². The largest absolute Gasteiger partial charge is 2.00 e. The molecule has 0 fully saturated rings. The zero-order valence-corrected chi connectivity index (χ0v) is 3.45. The zero-order valence-electron chi connectivity index (χ0n) is 2.04. The predicted octanol–water partition coefficient (Wildman–Crippen LogP) is -6.75. The summed E-state index contributed by atoms with van der Waals surface area (Å²) in [5, 5.41) is 0. The van der Waals surface area contributed by atoms with Crippen LogP contribution in [0.25, 0.3) is 0 Å². The molecule has 4 heteroatoms. The second-order valence-corrected chi connectivity index (χ2v) is 0. The molecule has 0 aliphatic carbocycles. The van der Waals surface area contributed by atoms with Crippen molar-refractivity contribution in [2.45, 2.75) is 0 Å². The van der Waals surface area contributed by atoms with E-state index in [9.17, 15) is 0 Å². The Morgan fingerprint density at radius 2 is 0.750 bits per heavy atom. The van der Waals surface area contributed by atoms with E-state index in [0.29, 0.717) is 0 Å². The van der Waals surface area contributed by atoms with E-state index in [1.165, 1.54) is 0 Å². The summed E-state index contributed by atoms with van der Waals surface area (Å²) in [5.41, 5.74) is 0. The molecule has 0 spiro atoms. The molecule has 0 unspecified atom stereocenters. The third-order valence-corrected chi connectivity index (χ3v) is 0. The van der Waals surface area contributed by atoms with Gasteiger partial charge in [0.25, 0.3) is 0 Å². The second kappa shape index (κ2) is 56.0. The Bertz CT molecular complexity index is 6.00. The summed E-state index contributed by atoms with van der Waals surface area (Å²) in [6.45, 7) is 0. The van der Waals surface area contributed by atoms with Crippen LogP contribution in [-0.4, -0.2) is 31.5 Å². The number of halogens is 2. The van der Waals surface area contributed by atoms with E-state index in [2.05, 4.69) is 0 Å². The maximum absolute atomic E-state index is 0. The summed E-state index contributed by atoms with van der Waals surface area (Å²) < 4.78 is 0. The van der Waals surface area contributed by atoms with Gasteiger partial charge in [-0.2, -0.15) is 0 Å². The fraction of sp³-hybridized carbons (Fsp3) is 0. The molecule has 4 heavy (non-hydrogen) atoms. The Morgan fingerprint density at radius 1 is 0.750 bits per heavy atom. The van der Waals surface area contributed by atoms with Crippen molar-refractivity contribution in [1.82, 2.24) is 0 Å². The third kappa shape index (κ3) is 16.1. The Labute approximate surface area is 41.4 Å². The molecule has 0 aliphatic rings. The Balaban J connectivity index is 0. The first-order valence-corrected chi connectivity index (χ1v) is 0. The SMILES string of the molecule is [B].[F-].[F-].[Mg+2]. The first-order chi connectivity index (χ1) is 0. The van der Waals surface area contributed by atoms with Gasteiger partial charge < -0.3 is 9.41 Å². The molecule has 0 saturated heterocycles. The van der Waals surface area contributed by atoms with Gasteiger partial charge in [-0.05, 0) is 0 Å². The standard InChI is InChI=1S/B.2FH.Mg/h;2*1H;/q;;;+2/p-2. The molecule has 0 rings (SSSR count). The van der Waals surface area contributed by atoms with Crippen LogP contribution in [0.5, 0.6) is 0 Å². The van der Waals surface area contributed by atoms with Crippen molar-refractivity contribution >= 4 is 31.5 Å². The molecule has 0 aliphatic heterocycles. The van der Waals surface area contributed by atoms with Crippen molar-refractivity contribution in [3.05, 3.63) is 0 Å². The average molecular weight is 73.1 g/mol. The molecule has 0 nitrogen and oxygen atoms in total. The van der Waals surface area contributed by atoms with E-state index in [0.717, 1.165) is 0 Å². The molecule has 0 amide bonds. The first kappa shape index (κ1) is 134. The predicted molar refractivity (Wildman–Crippen MR) is 11.5 cm³/mol. The molecule has 0 aromatic carbocycles. The van der Waals surface area contributed by atoms with E-state index < -0.39 is 0 Å². The Kier molecular flexibility index (Phi) is 1870. The van der Waals surface area contributed by atoms with Crippen molar-refractivity contribution in [1.29, 1.82) is 0 Å². The quantitative estimate of drug-likeness (QED) is 0.250. The molecule has 0 N–H and O–H groups in total. The van der Waals surface area contributed by atoms with Gasteiger partial charge in [-0.3, -0.25) is 0 Å². The smallest absolute Gasteiger partial charge is 1.00 e. The van der Waals surface area contributed by atoms with Crippen molar-refractivity contribution in [2.24, 2.45) is 0 Å². The van der Waals surface area contributed by atoms with Crippen LogP contribution in [0.2, 0.25) is 0 Å². The Hall–Kier alpha value is 0.691. The molecule has 0 bridgehead atoms. The van der Waals surface area contributed by atoms with Crippen LogP contribution in [0, 0.1) is 0 Å². The molecule has 3 radical (unpaired) electrons. The van der Waals surface area contributed by atoms with Gasteiger partial charge >= 0.3 is 23.1 Å². The summed E-state index contributed by atoms with van der Waals surface area (Å²) in [4.78, 5) is 0. The van der Waals surface area contributed by atoms with Gasteiger partial charge in [0.15, 0.2) is 0 Å². The van der Waals surface area contributed by atoms with E-state index in [1.807, 2.05) is 0 Å². The Morgan fingerprint density at radius 3 is 0.750 bits per heavy atom. The molecule has 0 aromatic rings.